The van der Waals surface area contributed by atoms with Crippen LogP contribution in [0.1, 0.15) is 93.9 Å². The normalized spacial score (nSPS) is 41.5. The Labute approximate surface area is 490 Å². The number of carboxylic acid groups (broad SMARTS) is 1. The molecule has 19 nitrogen and oxygen atoms in total. The zero-order valence-corrected chi connectivity index (χ0v) is 51.1. The number of aliphatic hydroxyl groups is 3. The van der Waals surface area contributed by atoms with Crippen molar-refractivity contribution < 1.29 is 180 Å². The average Bonchev–Trinajstić information content (AvgIpc) is 3.64. The van der Waals surface area contributed by atoms with E-state index in [1.807, 2.05) is 32.1 Å². The zero-order valence-electron chi connectivity index (χ0n) is 44.2. The minimum atomic E-state index is -5.43. The molecule has 0 amide bonds. The molecule has 7 rings (SSSR count). The van der Waals surface area contributed by atoms with E-state index in [4.69, 9.17) is 71.6 Å². The fourth-order valence-electron chi connectivity index (χ4n) is 10.6. The van der Waals surface area contributed by atoms with E-state index in [0.717, 1.165) is 12.0 Å². The molecule has 0 aromatic carbocycles. The summed E-state index contributed by atoms with van der Waals surface area (Å²) in [5.74, 6) is -2.56. The van der Waals surface area contributed by atoms with Crippen LogP contribution in [0.25, 0.3) is 0 Å². The molecule has 1 spiro atoms. The van der Waals surface area contributed by atoms with Crippen molar-refractivity contribution in [2.75, 3.05) is 20.8 Å². The standard InChI is InChI=1S/C48H72O14.CH3O5P.3Na/c1-11-25(2)43-28(5)17-18-47(62-43)23-34-20-33(61-47)16-15-27(4)42(26(3)13-12-14-32-24-55-45-40(49)29(6)19-35(46(51)58-34)48(32,45)52)59-39-22-37(54-10)44(31(8)57-39)60-38-21-36(53-9)41(50)30(7)56-38;2-1(3)7(4,5)6;;;/h12-15,17-19,25-26,28,30-31,33-45,49-50,52H,11,16,20-24H2,1-10H3;(H,2,3)(H2,4,5,6);;;/q;;3*+1/p-3. The summed E-state index contributed by atoms with van der Waals surface area (Å²) in [6.45, 7) is 16.1. The first kappa shape index (κ1) is 66.6. The van der Waals surface area contributed by atoms with Crippen LogP contribution in [0.3, 0.4) is 0 Å². The van der Waals surface area contributed by atoms with Gasteiger partial charge in [-0.1, -0.05) is 70.6 Å². The van der Waals surface area contributed by atoms with E-state index in [-0.39, 0.29) is 131 Å². The van der Waals surface area contributed by atoms with Crippen LogP contribution in [-0.2, 0) is 56.7 Å². The van der Waals surface area contributed by atoms with Gasteiger partial charge < -0.3 is 86.9 Å². The van der Waals surface area contributed by atoms with E-state index in [2.05, 4.69) is 39.8 Å². The molecule has 20 unspecified atom stereocenters. The van der Waals surface area contributed by atoms with E-state index < -0.39 is 104 Å². The van der Waals surface area contributed by atoms with Gasteiger partial charge in [-0.15, -0.1) is 0 Å². The van der Waals surface area contributed by atoms with Crippen molar-refractivity contribution >= 4 is 19.3 Å². The third-order valence-corrected chi connectivity index (χ3v) is 15.2. The number of carbonyl (C=O) groups excluding carboxylic acids is 2. The number of aliphatic hydroxyl groups excluding tert-OH is 2. The van der Waals surface area contributed by atoms with Crippen LogP contribution < -0.4 is 104 Å². The van der Waals surface area contributed by atoms with Crippen LogP contribution in [0.5, 0.6) is 0 Å². The molecule has 23 heteroatoms. The Balaban J connectivity index is 0.00000128. The Kier molecular flexibility index (Phi) is 26.3. The first-order valence-corrected chi connectivity index (χ1v) is 25.6. The molecule has 0 aromatic rings. The van der Waals surface area contributed by atoms with Gasteiger partial charge in [-0.2, -0.15) is 0 Å². The Morgan fingerprint density at radius 2 is 1.53 bits per heavy atom. The maximum atomic E-state index is 14.3. The largest absolute Gasteiger partial charge is 1.00 e. The molecule has 2 bridgehead atoms. The van der Waals surface area contributed by atoms with Gasteiger partial charge in [0.2, 0.25) is 0 Å². The molecule has 3 N–H and O–H groups in total. The second kappa shape index (κ2) is 28.5. The Bertz CT molecular complexity index is 2020. The van der Waals surface area contributed by atoms with E-state index >= 15 is 0 Å². The van der Waals surface area contributed by atoms with Crippen LogP contribution in [0.15, 0.2) is 59.3 Å². The number of hydrogen-bond acceptors (Lipinski definition) is 19. The Morgan fingerprint density at radius 1 is 0.903 bits per heavy atom. The van der Waals surface area contributed by atoms with Crippen LogP contribution in [0.2, 0.25) is 0 Å². The summed E-state index contributed by atoms with van der Waals surface area (Å²) in [4.78, 5) is 41.7. The molecular weight excluding hydrogens is 992 g/mol. The predicted molar refractivity (Wildman–Crippen MR) is 240 cm³/mol. The van der Waals surface area contributed by atoms with Gasteiger partial charge >= 0.3 is 94.6 Å². The average molecular weight is 1070 g/mol. The van der Waals surface area contributed by atoms with Gasteiger partial charge in [0.15, 0.2) is 18.4 Å². The fourth-order valence-corrected chi connectivity index (χ4v) is 10.6. The third kappa shape index (κ3) is 15.6. The van der Waals surface area contributed by atoms with Crippen LogP contribution >= 0.6 is 7.60 Å². The predicted octanol–water partition coefficient (Wildman–Crippen LogP) is -6.37. The minimum absolute atomic E-state index is 0. The van der Waals surface area contributed by atoms with Gasteiger partial charge in [-0.05, 0) is 70.4 Å². The van der Waals surface area contributed by atoms with Crippen LogP contribution in [0, 0.1) is 23.7 Å². The van der Waals surface area contributed by atoms with E-state index in [0.29, 0.717) is 43.3 Å². The van der Waals surface area contributed by atoms with Crippen molar-refractivity contribution in [1.82, 2.24) is 0 Å². The van der Waals surface area contributed by atoms with Gasteiger partial charge in [0.05, 0.1) is 55.0 Å². The summed E-state index contributed by atoms with van der Waals surface area (Å²) in [6.07, 6.45) is 8.55. The molecule has 0 saturated carbocycles. The number of esters is 1. The van der Waals surface area contributed by atoms with E-state index in [9.17, 15) is 20.1 Å². The number of rotatable bonds is 9. The summed E-state index contributed by atoms with van der Waals surface area (Å²) in [7, 11) is -2.21. The Hall–Kier alpha value is 0.310. The first-order chi connectivity index (χ1) is 32.4. The van der Waals surface area contributed by atoms with Crippen LogP contribution in [-0.4, -0.2) is 145 Å². The molecule has 4 saturated heterocycles. The van der Waals surface area contributed by atoms with Crippen molar-refractivity contribution in [2.24, 2.45) is 23.7 Å². The number of fused-ring (bicyclic) bond motifs is 2. The summed E-state index contributed by atoms with van der Waals surface area (Å²) >= 11 is 0. The number of allylic oxidation sites excluding steroid dienone is 2. The number of methoxy groups -OCH3 is 2. The van der Waals surface area contributed by atoms with E-state index in [1.165, 1.54) is 0 Å². The van der Waals surface area contributed by atoms with E-state index in [1.54, 1.807) is 40.2 Å². The van der Waals surface area contributed by atoms with Crippen molar-refractivity contribution in [3.8, 4) is 0 Å². The molecular formula is C49H72Na3O19P. The van der Waals surface area contributed by atoms with Gasteiger partial charge in [0.1, 0.15) is 42.0 Å². The van der Waals surface area contributed by atoms with Crippen LogP contribution in [0.4, 0.5) is 4.79 Å². The van der Waals surface area contributed by atoms with Crippen molar-refractivity contribution in [3.05, 3.63) is 59.3 Å². The van der Waals surface area contributed by atoms with Gasteiger partial charge in [-0.3, -0.25) is 4.79 Å². The molecule has 4 fully saturated rings. The summed E-state index contributed by atoms with van der Waals surface area (Å²) in [6, 6.07) is 0. The zero-order chi connectivity index (χ0) is 50.7. The first-order valence-electron chi connectivity index (χ1n) is 24.0. The molecule has 20 atom stereocenters. The minimum Gasteiger partial charge on any atom is -0.807 e. The molecule has 390 valence electrons. The van der Waals surface area contributed by atoms with Crippen molar-refractivity contribution in [2.45, 2.75) is 191 Å². The van der Waals surface area contributed by atoms with Crippen molar-refractivity contribution in [3.63, 3.8) is 0 Å². The topological polar surface area (TPSA) is 273 Å². The smallest absolute Gasteiger partial charge is 0.807 e. The molecule has 72 heavy (non-hydrogen) atoms. The monoisotopic (exact) mass is 1060 g/mol. The second-order valence-corrected chi connectivity index (χ2v) is 21.1. The molecule has 0 radical (unpaired) electrons. The maximum absolute atomic E-state index is 14.3. The SMILES string of the molecule is CCC(C)C1OC2(C=CC1C)CC1CC(CC=C(C)C(OC3CC(OC)C(OC4CC(OC)C(O)C(C)O4)C(C)O3)C(C)C=CC=C3COC4C(O)C(C)=CC(C(=O)O1)C34O)O2.O=C([O-])P(=O)([O-])[O-].[Na+].[Na+].[Na+]. The quantitative estimate of drug-likeness (QED) is 0.0839. The fraction of sp³-hybridized carbons (Fsp3) is 0.755. The number of hydrogen-bond donors (Lipinski definition) is 3. The van der Waals surface area contributed by atoms with Crippen molar-refractivity contribution in [1.29, 1.82) is 0 Å². The molecule has 6 heterocycles. The molecule has 6 aliphatic heterocycles. The summed E-state index contributed by atoms with van der Waals surface area (Å²) < 4.78 is 72.8. The second-order valence-electron chi connectivity index (χ2n) is 19.7. The molecule has 7 aliphatic rings. The van der Waals surface area contributed by atoms with Gasteiger partial charge in [-0.25, -0.2) is 0 Å². The van der Waals surface area contributed by atoms with Gasteiger partial charge in [0.25, 0.3) is 0 Å². The molecule has 1 aliphatic carbocycles. The summed E-state index contributed by atoms with van der Waals surface area (Å²) in [5, 5.41) is 43.2. The maximum Gasteiger partial charge on any atom is 1.00 e. The molecule has 0 aromatic heterocycles. The number of ether oxygens (including phenoxy) is 10. The Morgan fingerprint density at radius 3 is 2.15 bits per heavy atom. The summed E-state index contributed by atoms with van der Waals surface area (Å²) in [5.41, 5.74) is -2.43. The number of carbonyl (C=O) groups is 2. The third-order valence-electron chi connectivity index (χ3n) is 14.7. The van der Waals surface area contributed by atoms with Gasteiger partial charge in [0, 0.05) is 51.7 Å².